The van der Waals surface area contributed by atoms with Crippen LogP contribution < -0.4 is 0 Å². The largest absolute Gasteiger partial charge is 0.346 e. The van der Waals surface area contributed by atoms with Gasteiger partial charge in [0.2, 0.25) is 0 Å². The molecule has 1 fully saturated rings. The van der Waals surface area contributed by atoms with Gasteiger partial charge < -0.3 is 9.47 Å². The fourth-order valence-electron chi connectivity index (χ4n) is 1.37. The molecule has 1 aromatic carbocycles. The van der Waals surface area contributed by atoms with Gasteiger partial charge in [-0.1, -0.05) is 0 Å². The van der Waals surface area contributed by atoms with E-state index in [9.17, 15) is 0 Å². The van der Waals surface area contributed by atoms with Gasteiger partial charge in [-0.3, -0.25) is 0 Å². The Morgan fingerprint density at radius 2 is 1.53 bits per heavy atom. The second-order valence-electron chi connectivity index (χ2n) is 3.10. The van der Waals surface area contributed by atoms with Gasteiger partial charge in [0.25, 0.3) is 0 Å². The van der Waals surface area contributed by atoms with Crippen LogP contribution >= 0.6 is 50.5 Å². The van der Waals surface area contributed by atoms with Crippen molar-refractivity contribution in [3.8, 4) is 0 Å². The summed E-state index contributed by atoms with van der Waals surface area (Å²) in [5.41, 5.74) is 0.851. The number of thiol groups is 4. The Morgan fingerprint density at radius 3 is 2.13 bits per heavy atom. The zero-order valence-electron chi connectivity index (χ0n) is 7.67. The molecule has 82 valence electrons. The number of benzene rings is 1. The first-order valence-corrected chi connectivity index (χ1v) is 6.10. The van der Waals surface area contributed by atoms with E-state index in [4.69, 9.17) is 9.47 Å². The molecule has 0 unspecified atom stereocenters. The van der Waals surface area contributed by atoms with Crippen molar-refractivity contribution in [1.29, 1.82) is 0 Å². The average Bonchev–Trinajstić information content (AvgIpc) is 2.73. The minimum absolute atomic E-state index is 0.358. The van der Waals surface area contributed by atoms with Gasteiger partial charge >= 0.3 is 0 Å². The van der Waals surface area contributed by atoms with Crippen LogP contribution in [0.4, 0.5) is 0 Å². The molecule has 0 bridgehead atoms. The fourth-order valence-corrected chi connectivity index (χ4v) is 2.51. The molecule has 0 N–H and O–H groups in total. The van der Waals surface area contributed by atoms with Gasteiger partial charge in [-0.2, -0.15) is 0 Å². The molecule has 0 aliphatic carbocycles. The molecule has 0 radical (unpaired) electrons. The van der Waals surface area contributed by atoms with Gasteiger partial charge in [0.1, 0.15) is 0 Å². The predicted molar refractivity (Wildman–Crippen MR) is 70.1 cm³/mol. The standard InChI is InChI=1S/C9H10O2S4/c12-5-3-4(9-10-1-2-11-9)6(13)8(15)7(5)14/h3,9,12-15H,1-2H2. The zero-order valence-corrected chi connectivity index (χ0v) is 11.3. The maximum Gasteiger partial charge on any atom is 0.185 e. The van der Waals surface area contributed by atoms with Crippen molar-refractivity contribution in [3.63, 3.8) is 0 Å². The summed E-state index contributed by atoms with van der Waals surface area (Å²) < 4.78 is 10.8. The molecule has 6 heteroatoms. The van der Waals surface area contributed by atoms with E-state index >= 15 is 0 Å². The molecular formula is C9H10O2S4. The molecule has 2 rings (SSSR count). The molecule has 1 aliphatic rings. The van der Waals surface area contributed by atoms with Crippen LogP contribution in [-0.4, -0.2) is 13.2 Å². The first-order chi connectivity index (χ1) is 7.11. The Hall–Kier alpha value is 0.540. The molecular weight excluding hydrogens is 268 g/mol. The van der Waals surface area contributed by atoms with E-state index in [-0.39, 0.29) is 6.29 Å². The molecule has 15 heavy (non-hydrogen) atoms. The van der Waals surface area contributed by atoms with Crippen LogP contribution in [0.5, 0.6) is 0 Å². The van der Waals surface area contributed by atoms with Crippen molar-refractivity contribution < 1.29 is 9.47 Å². The highest BCUT2D eigenvalue weighted by Crippen LogP contribution is 2.38. The van der Waals surface area contributed by atoms with Crippen LogP contribution in [0, 0.1) is 0 Å². The Balaban J connectivity index is 2.47. The summed E-state index contributed by atoms with van der Waals surface area (Å²) in [5, 5.41) is 0. The maximum absolute atomic E-state index is 5.41. The highest BCUT2D eigenvalue weighted by atomic mass is 32.1. The second-order valence-corrected chi connectivity index (χ2v) is 4.93. The van der Waals surface area contributed by atoms with Crippen LogP contribution in [0.15, 0.2) is 25.6 Å². The van der Waals surface area contributed by atoms with E-state index in [2.05, 4.69) is 50.5 Å². The van der Waals surface area contributed by atoms with E-state index < -0.39 is 0 Å². The van der Waals surface area contributed by atoms with Crippen LogP contribution in [0.1, 0.15) is 11.9 Å². The monoisotopic (exact) mass is 278 g/mol. The van der Waals surface area contributed by atoms with Crippen molar-refractivity contribution in [2.24, 2.45) is 0 Å². The SMILES string of the molecule is Sc1cc(C2OCCO2)c(S)c(S)c1S. The minimum atomic E-state index is -0.358. The lowest BCUT2D eigenvalue weighted by Crippen LogP contribution is -2.01. The molecule has 1 aliphatic heterocycles. The van der Waals surface area contributed by atoms with E-state index in [1.807, 2.05) is 6.07 Å². The molecule has 1 saturated heterocycles. The highest BCUT2D eigenvalue weighted by Gasteiger charge is 2.23. The number of ether oxygens (including phenoxy) is 2. The van der Waals surface area contributed by atoms with Gasteiger partial charge in [-0.25, -0.2) is 0 Å². The molecule has 1 aromatic rings. The Kier molecular flexibility index (Phi) is 3.85. The molecule has 1 heterocycles. The fraction of sp³-hybridized carbons (Fsp3) is 0.333. The third-order valence-corrected chi connectivity index (χ3v) is 4.41. The van der Waals surface area contributed by atoms with Crippen molar-refractivity contribution in [2.45, 2.75) is 25.9 Å². The van der Waals surface area contributed by atoms with Crippen molar-refractivity contribution in [3.05, 3.63) is 11.6 Å². The second kappa shape index (κ2) is 4.81. The molecule has 0 saturated carbocycles. The topological polar surface area (TPSA) is 18.5 Å². The average molecular weight is 278 g/mol. The lowest BCUT2D eigenvalue weighted by molar-refractivity contribution is -0.0465. The van der Waals surface area contributed by atoms with Gasteiger partial charge in [-0.05, 0) is 6.07 Å². The van der Waals surface area contributed by atoms with E-state index in [0.29, 0.717) is 23.0 Å². The molecule has 0 spiro atoms. The predicted octanol–water partition coefficient (Wildman–Crippen LogP) is 2.89. The van der Waals surface area contributed by atoms with Gasteiger partial charge in [0, 0.05) is 25.1 Å². The summed E-state index contributed by atoms with van der Waals surface area (Å²) in [4.78, 5) is 2.89. The van der Waals surface area contributed by atoms with Gasteiger partial charge in [0.05, 0.1) is 13.2 Å². The van der Waals surface area contributed by atoms with Gasteiger partial charge in [-0.15, -0.1) is 50.5 Å². The summed E-state index contributed by atoms with van der Waals surface area (Å²) in [6.07, 6.45) is -0.358. The summed E-state index contributed by atoms with van der Waals surface area (Å²) in [5.74, 6) is 0. The third kappa shape index (κ3) is 2.30. The minimum Gasteiger partial charge on any atom is -0.346 e. The van der Waals surface area contributed by atoms with E-state index in [1.54, 1.807) is 0 Å². The van der Waals surface area contributed by atoms with Gasteiger partial charge in [0.15, 0.2) is 6.29 Å². The summed E-state index contributed by atoms with van der Waals surface area (Å²) >= 11 is 17.3. The third-order valence-electron chi connectivity index (χ3n) is 2.13. The quantitative estimate of drug-likeness (QED) is 0.592. The van der Waals surface area contributed by atoms with Crippen molar-refractivity contribution in [2.75, 3.05) is 13.2 Å². The molecule has 0 aromatic heterocycles. The van der Waals surface area contributed by atoms with Crippen LogP contribution in [0.3, 0.4) is 0 Å². The molecule has 0 atom stereocenters. The Bertz CT molecular complexity index is 388. The summed E-state index contributed by atoms with van der Waals surface area (Å²) in [6, 6.07) is 1.85. The normalized spacial score (nSPS) is 17.3. The number of hydrogen-bond donors (Lipinski definition) is 4. The van der Waals surface area contributed by atoms with Crippen molar-refractivity contribution >= 4 is 50.5 Å². The first-order valence-electron chi connectivity index (χ1n) is 4.31. The lowest BCUT2D eigenvalue weighted by atomic mass is 10.2. The highest BCUT2D eigenvalue weighted by molar-refractivity contribution is 7.86. The summed E-state index contributed by atoms with van der Waals surface area (Å²) in [7, 11) is 0. The first kappa shape index (κ1) is 12.0. The molecule has 0 amide bonds. The maximum atomic E-state index is 5.41. The number of rotatable bonds is 1. The van der Waals surface area contributed by atoms with E-state index in [1.165, 1.54) is 0 Å². The Morgan fingerprint density at radius 1 is 0.933 bits per heavy atom. The summed E-state index contributed by atoms with van der Waals surface area (Å²) in [6.45, 7) is 1.20. The smallest absolute Gasteiger partial charge is 0.185 e. The van der Waals surface area contributed by atoms with Crippen LogP contribution in [0.2, 0.25) is 0 Å². The lowest BCUT2D eigenvalue weighted by Gasteiger charge is -2.15. The Labute approximate surface area is 110 Å². The van der Waals surface area contributed by atoms with E-state index in [0.717, 1.165) is 15.4 Å². The van der Waals surface area contributed by atoms with Crippen LogP contribution in [-0.2, 0) is 9.47 Å². The number of hydrogen-bond acceptors (Lipinski definition) is 6. The van der Waals surface area contributed by atoms with Crippen molar-refractivity contribution in [1.82, 2.24) is 0 Å². The zero-order chi connectivity index (χ0) is 11.0. The van der Waals surface area contributed by atoms with Crippen LogP contribution in [0.25, 0.3) is 0 Å². The molecule has 2 nitrogen and oxygen atoms in total.